The molecule has 0 bridgehead atoms. The quantitative estimate of drug-likeness (QED) is 0.771. The Balaban J connectivity index is 1.82. The van der Waals surface area contributed by atoms with Gasteiger partial charge in [-0.15, -0.1) is 0 Å². The second kappa shape index (κ2) is 8.29. The van der Waals surface area contributed by atoms with Gasteiger partial charge in [-0.2, -0.15) is 0 Å². The fourth-order valence-corrected chi connectivity index (χ4v) is 2.11. The monoisotopic (exact) mass is 352 g/mol. The van der Waals surface area contributed by atoms with Crippen molar-refractivity contribution in [1.82, 2.24) is 5.32 Å². The van der Waals surface area contributed by atoms with Gasteiger partial charge in [0.25, 0.3) is 5.91 Å². The maximum Gasteiger partial charge on any atom is 0.326 e. The second-order valence-corrected chi connectivity index (χ2v) is 5.38. The third-order valence-corrected chi connectivity index (χ3v) is 3.50. The van der Waals surface area contributed by atoms with Crippen molar-refractivity contribution >= 4 is 17.6 Å². The number of amides is 3. The molecule has 0 saturated carbocycles. The van der Waals surface area contributed by atoms with E-state index in [0.717, 1.165) is 12.1 Å². The zero-order chi connectivity index (χ0) is 18.4. The first-order valence-corrected chi connectivity index (χ1v) is 7.50. The van der Waals surface area contributed by atoms with Crippen molar-refractivity contribution in [2.45, 2.75) is 13.0 Å². The number of halogens is 3. The number of urea groups is 1. The third-order valence-electron chi connectivity index (χ3n) is 3.50. The number of anilines is 1. The largest absolute Gasteiger partial charge is 0.333 e. The topological polar surface area (TPSA) is 74.8 Å². The van der Waals surface area contributed by atoms with Crippen LogP contribution in [0.15, 0.2) is 42.5 Å². The van der Waals surface area contributed by atoms with Crippen molar-refractivity contribution in [3.8, 4) is 0 Å². The molecule has 0 aliphatic rings. The minimum Gasteiger partial charge on any atom is -0.333 e. The summed E-state index contributed by atoms with van der Waals surface area (Å²) in [6, 6.07) is 7.85. The number of nitrogens with two attached hydrogens (primary N) is 1. The number of carbonyl (C=O) groups excluding carboxylic acids is 2. The minimum absolute atomic E-state index is 0.0491. The van der Waals surface area contributed by atoms with Gasteiger partial charge in [0.15, 0.2) is 18.2 Å². The van der Waals surface area contributed by atoms with E-state index >= 15 is 0 Å². The molecule has 0 heterocycles. The predicted molar refractivity (Wildman–Crippen MR) is 85.1 cm³/mol. The van der Waals surface area contributed by atoms with Gasteiger partial charge in [-0.3, -0.25) is 10.1 Å². The molecule has 1 atom stereocenters. The van der Waals surface area contributed by atoms with Crippen LogP contribution in [0.2, 0.25) is 0 Å². The summed E-state index contributed by atoms with van der Waals surface area (Å²) in [6.45, 7) is 1.59. The Morgan fingerprint density at radius 1 is 1.04 bits per heavy atom. The summed E-state index contributed by atoms with van der Waals surface area (Å²) >= 11 is 0. The lowest BCUT2D eigenvalue weighted by molar-refractivity contribution is -0.682. The van der Waals surface area contributed by atoms with E-state index in [1.54, 1.807) is 12.2 Å². The predicted octanol–water partition coefficient (Wildman–Crippen LogP) is 2.08. The summed E-state index contributed by atoms with van der Waals surface area (Å²) in [5, 5.41) is 5.84. The highest BCUT2D eigenvalue weighted by Crippen LogP contribution is 2.13. The Hall–Kier alpha value is -2.87. The van der Waals surface area contributed by atoms with E-state index in [4.69, 9.17) is 0 Å². The lowest BCUT2D eigenvalue weighted by Crippen LogP contribution is -2.87. The van der Waals surface area contributed by atoms with Gasteiger partial charge in [0.2, 0.25) is 0 Å². The highest BCUT2D eigenvalue weighted by molar-refractivity contribution is 6.01. The van der Waals surface area contributed by atoms with E-state index in [9.17, 15) is 22.8 Å². The number of quaternary nitrogens is 1. The molecule has 2 rings (SSSR count). The van der Waals surface area contributed by atoms with Gasteiger partial charge in [-0.1, -0.05) is 12.1 Å². The molecule has 5 nitrogen and oxygen atoms in total. The van der Waals surface area contributed by atoms with Crippen molar-refractivity contribution in [3.63, 3.8) is 0 Å². The SMILES string of the molecule is C[C@@H]([NH2+]CC(=O)NC(=O)Nc1ccccc1F)c1ccc(F)c(F)c1. The molecule has 3 amide bonds. The zero-order valence-electron chi connectivity index (χ0n) is 13.4. The Morgan fingerprint density at radius 3 is 2.44 bits per heavy atom. The highest BCUT2D eigenvalue weighted by Gasteiger charge is 2.15. The van der Waals surface area contributed by atoms with Gasteiger partial charge in [-0.05, 0) is 37.3 Å². The van der Waals surface area contributed by atoms with Crippen LogP contribution in [0, 0.1) is 17.5 Å². The number of hydrogen-bond donors (Lipinski definition) is 3. The fourth-order valence-electron chi connectivity index (χ4n) is 2.11. The van der Waals surface area contributed by atoms with Gasteiger partial charge in [-0.25, -0.2) is 18.0 Å². The van der Waals surface area contributed by atoms with Crippen molar-refractivity contribution in [2.75, 3.05) is 11.9 Å². The smallest absolute Gasteiger partial charge is 0.326 e. The van der Waals surface area contributed by atoms with Crippen molar-refractivity contribution in [1.29, 1.82) is 0 Å². The van der Waals surface area contributed by atoms with Gasteiger partial charge >= 0.3 is 6.03 Å². The lowest BCUT2D eigenvalue weighted by atomic mass is 10.1. The Kier molecular flexibility index (Phi) is 6.13. The maximum absolute atomic E-state index is 13.4. The molecule has 0 fully saturated rings. The first-order valence-electron chi connectivity index (χ1n) is 7.50. The zero-order valence-corrected chi connectivity index (χ0v) is 13.4. The molecule has 0 saturated heterocycles. The molecule has 8 heteroatoms. The summed E-state index contributed by atoms with van der Waals surface area (Å²) in [5.41, 5.74) is 0.453. The van der Waals surface area contributed by atoms with E-state index in [2.05, 4.69) is 10.6 Å². The van der Waals surface area contributed by atoms with Crippen LogP contribution in [-0.2, 0) is 4.79 Å². The van der Waals surface area contributed by atoms with Crippen LogP contribution in [0.1, 0.15) is 18.5 Å². The molecule has 0 radical (unpaired) electrons. The molecule has 2 aromatic carbocycles. The number of para-hydroxylation sites is 1. The standard InChI is InChI=1S/C17H16F3N3O2/c1-10(11-6-7-12(18)14(20)8-11)21-9-16(24)23-17(25)22-15-5-3-2-4-13(15)19/h2-8,10,21H,9H2,1H3,(H2,22,23,24,25)/p+1/t10-/m1/s1. The average molecular weight is 352 g/mol. The van der Waals surface area contributed by atoms with E-state index < -0.39 is 29.4 Å². The van der Waals surface area contributed by atoms with Crippen molar-refractivity contribution in [2.24, 2.45) is 0 Å². The fraction of sp³-hybridized carbons (Fsp3) is 0.176. The molecular formula is C17H17F3N3O2+. The summed E-state index contributed by atoms with van der Waals surface area (Å²) in [6.07, 6.45) is 0. The van der Waals surface area contributed by atoms with Gasteiger partial charge in [0.05, 0.1) is 5.69 Å². The molecule has 4 N–H and O–H groups in total. The normalized spacial score (nSPS) is 11.7. The van der Waals surface area contributed by atoms with E-state index in [-0.39, 0.29) is 18.3 Å². The van der Waals surface area contributed by atoms with E-state index in [0.29, 0.717) is 5.56 Å². The van der Waals surface area contributed by atoms with Crippen LogP contribution in [0.4, 0.5) is 23.7 Å². The third kappa shape index (κ3) is 5.32. The van der Waals surface area contributed by atoms with Crippen molar-refractivity contribution in [3.05, 3.63) is 65.5 Å². The average Bonchev–Trinajstić information content (AvgIpc) is 2.57. The maximum atomic E-state index is 13.4. The molecule has 25 heavy (non-hydrogen) atoms. The molecule has 0 aliphatic heterocycles. The number of carbonyl (C=O) groups is 2. The van der Waals surface area contributed by atoms with Gasteiger partial charge in [0, 0.05) is 5.56 Å². The van der Waals surface area contributed by atoms with Gasteiger partial charge in [0.1, 0.15) is 11.9 Å². The van der Waals surface area contributed by atoms with E-state index in [1.807, 2.05) is 0 Å². The summed E-state index contributed by atoms with van der Waals surface area (Å²) in [4.78, 5) is 23.4. The molecule has 132 valence electrons. The summed E-state index contributed by atoms with van der Waals surface area (Å²) in [7, 11) is 0. The first-order chi connectivity index (χ1) is 11.9. The Morgan fingerprint density at radius 2 is 1.76 bits per heavy atom. The van der Waals surface area contributed by atoms with Crippen LogP contribution in [0.3, 0.4) is 0 Å². The van der Waals surface area contributed by atoms with Crippen LogP contribution in [-0.4, -0.2) is 18.5 Å². The number of imide groups is 1. The molecule has 0 spiro atoms. The van der Waals surface area contributed by atoms with Crippen LogP contribution in [0.5, 0.6) is 0 Å². The van der Waals surface area contributed by atoms with Crippen LogP contribution in [0.25, 0.3) is 0 Å². The Labute approximate surface area is 142 Å². The number of rotatable bonds is 5. The van der Waals surface area contributed by atoms with Gasteiger partial charge < -0.3 is 10.6 Å². The minimum atomic E-state index is -0.966. The molecule has 0 aliphatic carbocycles. The Bertz CT molecular complexity index is 783. The first kappa shape index (κ1) is 18.5. The van der Waals surface area contributed by atoms with E-state index in [1.165, 1.54) is 30.3 Å². The molecular weight excluding hydrogens is 335 g/mol. The molecule has 2 aromatic rings. The van der Waals surface area contributed by atoms with Crippen LogP contribution >= 0.6 is 0 Å². The molecule has 0 aromatic heterocycles. The lowest BCUT2D eigenvalue weighted by Gasteiger charge is -2.11. The highest BCUT2D eigenvalue weighted by atomic mass is 19.2. The van der Waals surface area contributed by atoms with Crippen LogP contribution < -0.4 is 16.0 Å². The number of hydrogen-bond acceptors (Lipinski definition) is 2. The second-order valence-electron chi connectivity index (χ2n) is 5.38. The molecule has 0 unspecified atom stereocenters. The number of benzene rings is 2. The summed E-state index contributed by atoms with van der Waals surface area (Å²) in [5.74, 6) is -3.14. The summed E-state index contributed by atoms with van der Waals surface area (Å²) < 4.78 is 39.5. The number of nitrogens with one attached hydrogen (secondary N) is 2. The van der Waals surface area contributed by atoms with Crippen molar-refractivity contribution < 1.29 is 28.1 Å².